The lowest BCUT2D eigenvalue weighted by molar-refractivity contribution is 0.0993. The number of hydrogen-bond donors (Lipinski definition) is 0. The number of carbonyl (C=O) groups is 1. The Hall–Kier alpha value is -2.74. The summed E-state index contributed by atoms with van der Waals surface area (Å²) in [7, 11) is 4.94. The van der Waals surface area contributed by atoms with E-state index in [4.69, 9.17) is 13.9 Å². The molecule has 0 amide bonds. The number of carbonyl (C=O) groups excluding carboxylic acids is 1. The van der Waals surface area contributed by atoms with Crippen LogP contribution in [0.5, 0.6) is 11.5 Å². The summed E-state index contributed by atoms with van der Waals surface area (Å²) in [5, 5.41) is 8.60. The van der Waals surface area contributed by atoms with Crippen molar-refractivity contribution in [1.82, 2.24) is 14.8 Å². The molecule has 26 heavy (non-hydrogen) atoms. The SMILES string of the molecule is COc1ccc(C(=O)[C@H](C)Sc2nnc(-c3ccco3)n2C)cc1OC. The van der Waals surface area contributed by atoms with E-state index in [1.807, 2.05) is 24.6 Å². The maximum atomic E-state index is 12.8. The smallest absolute Gasteiger partial charge is 0.200 e. The van der Waals surface area contributed by atoms with Crippen LogP contribution in [0.4, 0.5) is 0 Å². The van der Waals surface area contributed by atoms with Gasteiger partial charge in [-0.1, -0.05) is 11.8 Å². The summed E-state index contributed by atoms with van der Waals surface area (Å²) in [6.45, 7) is 1.84. The van der Waals surface area contributed by atoms with E-state index in [0.717, 1.165) is 0 Å². The molecular weight excluding hydrogens is 354 g/mol. The number of furan rings is 1. The number of nitrogens with zero attached hydrogens (tertiary/aromatic N) is 3. The zero-order valence-electron chi connectivity index (χ0n) is 14.9. The van der Waals surface area contributed by atoms with Gasteiger partial charge in [0.25, 0.3) is 0 Å². The average molecular weight is 373 g/mol. The number of Topliss-reactive ketones (excluding diaryl/α,β-unsaturated/α-hetero) is 1. The fraction of sp³-hybridized carbons (Fsp3) is 0.278. The molecule has 0 N–H and O–H groups in total. The van der Waals surface area contributed by atoms with Crippen molar-refractivity contribution in [2.24, 2.45) is 7.05 Å². The van der Waals surface area contributed by atoms with Crippen LogP contribution in [0.15, 0.2) is 46.2 Å². The zero-order valence-corrected chi connectivity index (χ0v) is 15.7. The molecule has 136 valence electrons. The van der Waals surface area contributed by atoms with Crippen LogP contribution in [-0.2, 0) is 7.05 Å². The first-order chi connectivity index (χ1) is 12.5. The van der Waals surface area contributed by atoms with E-state index < -0.39 is 0 Å². The quantitative estimate of drug-likeness (QED) is 0.463. The van der Waals surface area contributed by atoms with Gasteiger partial charge in [0.15, 0.2) is 34.0 Å². The summed E-state index contributed by atoms with van der Waals surface area (Å²) in [5.74, 6) is 2.32. The number of aromatic nitrogens is 3. The second-order valence-electron chi connectivity index (χ2n) is 5.54. The molecule has 3 aromatic rings. The third-order valence-corrected chi connectivity index (χ3v) is 5.03. The summed E-state index contributed by atoms with van der Waals surface area (Å²) < 4.78 is 17.6. The Labute approximate surface area is 155 Å². The Bertz CT molecular complexity index is 905. The van der Waals surface area contributed by atoms with Gasteiger partial charge in [-0.25, -0.2) is 0 Å². The van der Waals surface area contributed by atoms with Gasteiger partial charge in [-0.2, -0.15) is 0 Å². The predicted octanol–water partition coefficient (Wildman–Crippen LogP) is 3.46. The van der Waals surface area contributed by atoms with E-state index >= 15 is 0 Å². The Kier molecular flexibility index (Phi) is 5.32. The van der Waals surface area contributed by atoms with E-state index in [-0.39, 0.29) is 11.0 Å². The Morgan fingerprint density at radius 3 is 2.62 bits per heavy atom. The molecule has 0 fully saturated rings. The maximum absolute atomic E-state index is 12.8. The highest BCUT2D eigenvalue weighted by atomic mass is 32.2. The molecule has 1 aromatic carbocycles. The topological polar surface area (TPSA) is 79.4 Å². The normalized spacial score (nSPS) is 12.0. The maximum Gasteiger partial charge on any atom is 0.200 e. The van der Waals surface area contributed by atoms with Gasteiger partial charge in [-0.15, -0.1) is 10.2 Å². The van der Waals surface area contributed by atoms with Crippen molar-refractivity contribution in [2.75, 3.05) is 14.2 Å². The minimum atomic E-state index is -0.347. The number of ketones is 1. The highest BCUT2D eigenvalue weighted by molar-refractivity contribution is 8.00. The van der Waals surface area contributed by atoms with Crippen LogP contribution in [0.2, 0.25) is 0 Å². The molecule has 1 atom stereocenters. The lowest BCUT2D eigenvalue weighted by atomic mass is 10.1. The third-order valence-electron chi connectivity index (χ3n) is 3.90. The van der Waals surface area contributed by atoms with Gasteiger partial charge in [0.05, 0.1) is 25.7 Å². The molecule has 0 aliphatic carbocycles. The molecule has 0 unspecified atom stereocenters. The molecule has 7 nitrogen and oxygen atoms in total. The Balaban J connectivity index is 1.78. The van der Waals surface area contributed by atoms with E-state index in [9.17, 15) is 4.79 Å². The molecule has 0 radical (unpaired) electrons. The predicted molar refractivity (Wildman–Crippen MR) is 97.9 cm³/mol. The van der Waals surface area contributed by atoms with Crippen LogP contribution in [0.1, 0.15) is 17.3 Å². The number of rotatable bonds is 7. The molecule has 2 aromatic heterocycles. The number of hydrogen-bond acceptors (Lipinski definition) is 7. The van der Waals surface area contributed by atoms with E-state index in [0.29, 0.717) is 33.8 Å². The Morgan fingerprint density at radius 2 is 1.96 bits per heavy atom. The van der Waals surface area contributed by atoms with E-state index in [2.05, 4.69) is 10.2 Å². The van der Waals surface area contributed by atoms with Gasteiger partial charge < -0.3 is 18.5 Å². The number of methoxy groups -OCH3 is 2. The molecule has 0 spiro atoms. The Morgan fingerprint density at radius 1 is 1.19 bits per heavy atom. The molecule has 3 rings (SSSR count). The first-order valence-corrected chi connectivity index (χ1v) is 8.79. The molecule has 8 heteroatoms. The fourth-order valence-electron chi connectivity index (χ4n) is 2.47. The summed E-state index contributed by atoms with van der Waals surface area (Å²) in [5.41, 5.74) is 0.552. The lowest BCUT2D eigenvalue weighted by Gasteiger charge is -2.12. The first-order valence-electron chi connectivity index (χ1n) is 7.91. The summed E-state index contributed by atoms with van der Waals surface area (Å²) >= 11 is 1.34. The number of ether oxygens (including phenoxy) is 2. The van der Waals surface area contributed by atoms with Gasteiger partial charge in [0.2, 0.25) is 0 Å². The van der Waals surface area contributed by atoms with Crippen LogP contribution in [0.25, 0.3) is 11.6 Å². The van der Waals surface area contributed by atoms with Crippen LogP contribution < -0.4 is 9.47 Å². The largest absolute Gasteiger partial charge is 0.493 e. The van der Waals surface area contributed by atoms with Crippen molar-refractivity contribution < 1.29 is 18.7 Å². The van der Waals surface area contributed by atoms with Crippen LogP contribution in [0.3, 0.4) is 0 Å². The minimum absolute atomic E-state index is 0.0292. The van der Waals surface area contributed by atoms with Gasteiger partial charge in [0.1, 0.15) is 0 Å². The summed E-state index contributed by atoms with van der Waals surface area (Å²) in [6, 6.07) is 8.74. The number of benzene rings is 1. The van der Waals surface area contributed by atoms with Crippen LogP contribution in [0, 0.1) is 0 Å². The summed E-state index contributed by atoms with van der Waals surface area (Å²) in [4.78, 5) is 12.8. The van der Waals surface area contributed by atoms with Crippen molar-refractivity contribution in [1.29, 1.82) is 0 Å². The van der Waals surface area contributed by atoms with Crippen LogP contribution >= 0.6 is 11.8 Å². The highest BCUT2D eigenvalue weighted by Crippen LogP contribution is 2.31. The summed E-state index contributed by atoms with van der Waals surface area (Å²) in [6.07, 6.45) is 1.58. The number of thioether (sulfide) groups is 1. The highest BCUT2D eigenvalue weighted by Gasteiger charge is 2.22. The monoisotopic (exact) mass is 373 g/mol. The van der Waals surface area contributed by atoms with Crippen molar-refractivity contribution in [3.63, 3.8) is 0 Å². The van der Waals surface area contributed by atoms with Crippen molar-refractivity contribution in [3.8, 4) is 23.1 Å². The van der Waals surface area contributed by atoms with Crippen molar-refractivity contribution >= 4 is 17.5 Å². The standard InChI is InChI=1S/C18H19N3O4S/c1-11(16(22)12-7-8-13(23-3)15(10-12)24-4)26-18-20-19-17(21(18)2)14-6-5-9-25-14/h5-11H,1-4H3/t11-/m0/s1. The molecule has 2 heterocycles. The van der Waals surface area contributed by atoms with Gasteiger partial charge in [-0.05, 0) is 37.3 Å². The van der Waals surface area contributed by atoms with E-state index in [1.165, 1.54) is 11.8 Å². The molecule has 0 bridgehead atoms. The van der Waals surface area contributed by atoms with Crippen LogP contribution in [-0.4, -0.2) is 40.0 Å². The lowest BCUT2D eigenvalue weighted by Crippen LogP contribution is -2.14. The molecule has 0 saturated carbocycles. The minimum Gasteiger partial charge on any atom is -0.493 e. The molecule has 0 saturated heterocycles. The third kappa shape index (κ3) is 3.45. The molecule has 0 aliphatic rings. The van der Waals surface area contributed by atoms with Crippen molar-refractivity contribution in [2.45, 2.75) is 17.3 Å². The van der Waals surface area contributed by atoms with Gasteiger partial charge >= 0.3 is 0 Å². The van der Waals surface area contributed by atoms with Gasteiger partial charge in [0, 0.05) is 12.6 Å². The second kappa shape index (κ2) is 7.65. The second-order valence-corrected chi connectivity index (χ2v) is 6.84. The first kappa shape index (κ1) is 18.1. The zero-order chi connectivity index (χ0) is 18.7. The van der Waals surface area contributed by atoms with E-state index in [1.54, 1.807) is 44.7 Å². The fourth-order valence-corrected chi connectivity index (χ4v) is 3.37. The van der Waals surface area contributed by atoms with Gasteiger partial charge in [-0.3, -0.25) is 4.79 Å². The molecule has 0 aliphatic heterocycles. The molecular formula is C18H19N3O4S. The van der Waals surface area contributed by atoms with Crippen molar-refractivity contribution in [3.05, 3.63) is 42.2 Å². The average Bonchev–Trinajstić information content (AvgIpc) is 3.31.